The van der Waals surface area contributed by atoms with Crippen LogP contribution in [0, 0.1) is 5.92 Å². The van der Waals surface area contributed by atoms with E-state index in [0.29, 0.717) is 83.4 Å². The van der Waals surface area contributed by atoms with E-state index in [9.17, 15) is 43.5 Å². The number of unbranched alkanes of at least 4 members (excludes halogenated alkanes) is 2. The highest BCUT2D eigenvalue weighted by Gasteiger charge is 2.46. The van der Waals surface area contributed by atoms with Gasteiger partial charge in [-0.25, -0.2) is 9.69 Å². The fourth-order valence-corrected chi connectivity index (χ4v) is 12.1. The number of carbonyl (C=O) groups excluding carboxylic acids is 8. The Morgan fingerprint density at radius 3 is 1.88 bits per heavy atom. The summed E-state index contributed by atoms with van der Waals surface area (Å²) in [6.07, 6.45) is 4.24. The van der Waals surface area contributed by atoms with Gasteiger partial charge in [0.05, 0.1) is 67.3 Å². The van der Waals surface area contributed by atoms with Gasteiger partial charge in [-0.15, -0.1) is 0 Å². The molecule has 5 aromatic carbocycles. The van der Waals surface area contributed by atoms with E-state index >= 15 is 0 Å². The Bertz CT molecular complexity index is 3980. The van der Waals surface area contributed by atoms with Crippen LogP contribution >= 0.6 is 0 Å². The quantitative estimate of drug-likeness (QED) is 0.0354. The van der Waals surface area contributed by atoms with Gasteiger partial charge in [0, 0.05) is 74.4 Å². The molecule has 24 heteroatoms. The van der Waals surface area contributed by atoms with Gasteiger partial charge in [-0.1, -0.05) is 80.9 Å². The van der Waals surface area contributed by atoms with E-state index in [1.807, 2.05) is 47.4 Å². The van der Waals surface area contributed by atoms with Gasteiger partial charge in [0.2, 0.25) is 17.7 Å². The first-order valence-electron chi connectivity index (χ1n) is 31.1. The lowest BCUT2D eigenvalue weighted by Gasteiger charge is -2.39. The van der Waals surface area contributed by atoms with Gasteiger partial charge in [0.1, 0.15) is 37.7 Å². The van der Waals surface area contributed by atoms with Crippen LogP contribution in [0.2, 0.25) is 0 Å². The third-order valence-electron chi connectivity index (χ3n) is 17.3. The maximum Gasteiger partial charge on any atom is 0.416 e. The molecule has 5 atom stereocenters. The number of aliphatic imine (C=N–C) groups is 1. The second-order valence-corrected chi connectivity index (χ2v) is 23.8. The summed E-state index contributed by atoms with van der Waals surface area (Å²) in [6, 6.07) is 28.6. The smallest absolute Gasteiger partial charge is 0.416 e. The van der Waals surface area contributed by atoms with Crippen molar-refractivity contribution in [2.24, 2.45) is 10.9 Å². The molecule has 0 saturated carbocycles. The number of aliphatic hydroxyl groups excluding tert-OH is 1. The van der Waals surface area contributed by atoms with Crippen molar-refractivity contribution in [2.75, 3.05) is 38.1 Å². The highest BCUT2D eigenvalue weighted by molar-refractivity contribution is 6.13. The summed E-state index contributed by atoms with van der Waals surface area (Å²) in [7, 11) is 4.42. The van der Waals surface area contributed by atoms with E-state index in [2.05, 4.69) is 22.0 Å². The fraction of sp³-hybridized carbons (Fsp3) is 0.343. The van der Waals surface area contributed by atoms with Crippen LogP contribution in [-0.4, -0.2) is 137 Å². The summed E-state index contributed by atoms with van der Waals surface area (Å²) >= 11 is 0. The van der Waals surface area contributed by atoms with Crippen molar-refractivity contribution in [1.29, 1.82) is 0 Å². The van der Waals surface area contributed by atoms with Gasteiger partial charge in [0.25, 0.3) is 23.6 Å². The summed E-state index contributed by atoms with van der Waals surface area (Å²) in [5.74, 6) is -1.76. The molecule has 0 saturated heterocycles. The fourth-order valence-electron chi connectivity index (χ4n) is 12.1. The van der Waals surface area contributed by atoms with Crippen LogP contribution in [0.4, 0.5) is 21.9 Å². The number of ether oxygens (including phenoxy) is 6. The summed E-state index contributed by atoms with van der Waals surface area (Å²) < 4.78 is 36.0. The van der Waals surface area contributed by atoms with E-state index < -0.39 is 48.2 Å². The number of aliphatic hydroxyl groups is 1. The molecule has 1 unspecified atom stereocenters. The SMILES string of the molecule is COc1cc(COc2cc3c(cc2OC)C(=O)N2Cc4ccccc4C[C@H]2C=N3)nc(COc2cc3c(cc2OC)C(=O)N2Cc4ccccc4C[C@H]2C(O)N3C(=O)OCc2ccc(NC(=O)[C@H](C)NC(=O)[C@@H](NC(=O)CCCCCN3C(=O)C=CC3=O)C(C)C)cc2)c1. The Morgan fingerprint density at radius 1 is 0.638 bits per heavy atom. The van der Waals surface area contributed by atoms with Crippen molar-refractivity contribution >= 4 is 70.7 Å². The number of aromatic nitrogens is 1. The van der Waals surface area contributed by atoms with Crippen LogP contribution in [0.3, 0.4) is 0 Å². The molecule has 0 aliphatic carbocycles. The molecular formula is C70H73N9O15. The molecule has 4 N–H and O–H groups in total. The number of rotatable bonds is 23. The van der Waals surface area contributed by atoms with Gasteiger partial charge in [-0.3, -0.25) is 48.4 Å². The zero-order valence-corrected chi connectivity index (χ0v) is 52.9. The van der Waals surface area contributed by atoms with Crippen LogP contribution in [0.1, 0.15) is 106 Å². The Kier molecular flexibility index (Phi) is 19.7. The zero-order valence-electron chi connectivity index (χ0n) is 52.9. The lowest BCUT2D eigenvalue weighted by atomic mass is 9.93. The minimum atomic E-state index is -1.62. The molecule has 1 aromatic heterocycles. The van der Waals surface area contributed by atoms with Crippen molar-refractivity contribution in [1.82, 2.24) is 30.3 Å². The molecule has 94 heavy (non-hydrogen) atoms. The number of anilines is 2. The number of carbonyl (C=O) groups is 8. The van der Waals surface area contributed by atoms with Crippen LogP contribution < -0.4 is 44.5 Å². The van der Waals surface area contributed by atoms with E-state index in [1.54, 1.807) is 68.6 Å². The summed E-state index contributed by atoms with van der Waals surface area (Å²) in [4.78, 5) is 122. The second kappa shape index (κ2) is 28.5. The predicted octanol–water partition coefficient (Wildman–Crippen LogP) is 7.66. The van der Waals surface area contributed by atoms with Crippen LogP contribution in [-0.2, 0) is 74.5 Å². The van der Waals surface area contributed by atoms with Gasteiger partial charge in [-0.2, -0.15) is 0 Å². The van der Waals surface area contributed by atoms with E-state index in [4.69, 9.17) is 38.4 Å². The molecule has 6 heterocycles. The van der Waals surface area contributed by atoms with Crippen molar-refractivity contribution in [3.8, 4) is 28.7 Å². The third-order valence-corrected chi connectivity index (χ3v) is 17.3. The normalized spacial score (nSPS) is 17.5. The molecule has 0 spiro atoms. The number of nitrogens with zero attached hydrogens (tertiary/aromatic N) is 6. The summed E-state index contributed by atoms with van der Waals surface area (Å²) in [5, 5.41) is 20.7. The number of pyridine rings is 1. The molecule has 5 aliphatic rings. The van der Waals surface area contributed by atoms with Gasteiger partial charge in [0.15, 0.2) is 29.2 Å². The monoisotopic (exact) mass is 1280 g/mol. The Morgan fingerprint density at radius 2 is 1.24 bits per heavy atom. The lowest BCUT2D eigenvalue weighted by molar-refractivity contribution is -0.137. The van der Waals surface area contributed by atoms with Crippen molar-refractivity contribution < 1.29 is 71.9 Å². The molecule has 6 aromatic rings. The molecule has 8 amide bonds. The van der Waals surface area contributed by atoms with E-state index in [0.717, 1.165) is 26.5 Å². The topological polar surface area (TPSA) is 286 Å². The molecule has 0 radical (unpaired) electrons. The second-order valence-electron chi connectivity index (χ2n) is 23.8. The van der Waals surface area contributed by atoms with Gasteiger partial charge >= 0.3 is 6.09 Å². The number of imide groups is 1. The maximum atomic E-state index is 14.8. The van der Waals surface area contributed by atoms with E-state index in [1.165, 1.54) is 63.0 Å². The van der Waals surface area contributed by atoms with Crippen molar-refractivity contribution in [3.63, 3.8) is 0 Å². The number of hydrogen-bond acceptors (Lipinski definition) is 17. The average Bonchev–Trinajstić information content (AvgIpc) is 1.58. The standard InChI is InChI=1S/C70H73N9O15/c1-40(2)64(75-61(80)18-8-7-13-25-76-62(81)23-24-63(76)82)66(84)72-41(3)65(83)74-47-21-19-42(20-22-47)37-94-70(88)79-55-33-60(58(91-6)31-53(55)68(86)78-36-46-17-12-10-15-44(46)27-56(78)69(79)87)93-39-49-29-51(89-4)28-48(73-49)38-92-59-32-54-52(30-57(59)90-5)67(85)77-35-45-16-11-9-14-43(45)26-50(77)34-71-54/h9-12,14-17,19-24,28-34,40-41,50,56,64,69,87H,7-8,13,18,25-27,35-39H2,1-6H3,(H,72,84)(H,74,83)(H,75,80)/t41-,50-,56-,64-,69?/m0/s1. The number of hydrogen-bond donors (Lipinski definition) is 4. The molecule has 24 nitrogen and oxygen atoms in total. The number of benzene rings is 5. The number of methoxy groups -OCH3 is 3. The summed E-state index contributed by atoms with van der Waals surface area (Å²) in [5.41, 5.74) is 6.63. The Hall–Kier alpha value is -10.6. The molecule has 11 rings (SSSR count). The van der Waals surface area contributed by atoms with Crippen LogP contribution in [0.25, 0.3) is 0 Å². The number of fused-ring (bicyclic) bond motifs is 6. The van der Waals surface area contributed by atoms with E-state index in [-0.39, 0.29) is 104 Å². The highest BCUT2D eigenvalue weighted by Crippen LogP contribution is 2.43. The van der Waals surface area contributed by atoms with Crippen LogP contribution in [0.15, 0.2) is 126 Å². The third kappa shape index (κ3) is 14.2. The highest BCUT2D eigenvalue weighted by atomic mass is 16.6. The first-order valence-corrected chi connectivity index (χ1v) is 31.1. The summed E-state index contributed by atoms with van der Waals surface area (Å²) in [6.45, 7) is 5.38. The first-order chi connectivity index (χ1) is 45.4. The van der Waals surface area contributed by atoms with Crippen molar-refractivity contribution in [3.05, 3.63) is 172 Å². The van der Waals surface area contributed by atoms with Crippen molar-refractivity contribution in [2.45, 2.75) is 123 Å². The lowest BCUT2D eigenvalue weighted by Crippen LogP contribution is -2.55. The number of nitrogens with one attached hydrogen (secondary N) is 3. The molecular weight excluding hydrogens is 1210 g/mol. The van der Waals surface area contributed by atoms with Gasteiger partial charge < -0.3 is 59.3 Å². The maximum absolute atomic E-state index is 14.8. The largest absolute Gasteiger partial charge is 0.497 e. The Labute approximate surface area is 542 Å². The molecule has 488 valence electrons. The zero-order chi connectivity index (χ0) is 66.3. The Balaban J connectivity index is 0.748. The molecule has 5 aliphatic heterocycles. The predicted molar refractivity (Wildman–Crippen MR) is 344 cm³/mol. The average molecular weight is 1280 g/mol. The first kappa shape index (κ1) is 64.9. The van der Waals surface area contributed by atoms with Crippen LogP contribution in [0.5, 0.6) is 28.7 Å². The number of amides is 8. The molecule has 0 fully saturated rings. The molecule has 0 bridgehead atoms. The minimum Gasteiger partial charge on any atom is -0.497 e. The van der Waals surface area contributed by atoms with Gasteiger partial charge in [-0.05, 0) is 90.6 Å². The minimum absolute atomic E-state index is 0.00887.